The predicted octanol–water partition coefficient (Wildman–Crippen LogP) is 2.09. The van der Waals surface area contributed by atoms with Crippen LogP contribution < -0.4 is 5.73 Å². The van der Waals surface area contributed by atoms with E-state index in [-0.39, 0.29) is 17.9 Å². The molecule has 4 nitrogen and oxygen atoms in total. The normalized spacial score (nSPS) is 15.2. The van der Waals surface area contributed by atoms with Gasteiger partial charge in [-0.05, 0) is 18.6 Å². The van der Waals surface area contributed by atoms with Crippen molar-refractivity contribution in [3.05, 3.63) is 0 Å². The first-order valence-electron chi connectivity index (χ1n) is 5.47. The summed E-state index contributed by atoms with van der Waals surface area (Å²) in [4.78, 5) is 0. The van der Waals surface area contributed by atoms with Gasteiger partial charge in [-0.15, -0.1) is 10.2 Å². The second-order valence-electron chi connectivity index (χ2n) is 4.17. The molecule has 0 aromatic carbocycles. The highest BCUT2D eigenvalue weighted by Gasteiger charge is 2.21. The van der Waals surface area contributed by atoms with Gasteiger partial charge >= 0.3 is 0 Å². The Labute approximate surface area is 115 Å². The smallest absolute Gasteiger partial charge is 0.175 e. The third-order valence-corrected chi connectivity index (χ3v) is 5.53. The first-order valence-corrected chi connectivity index (χ1v) is 8.39. The first kappa shape index (κ1) is 15.2. The van der Waals surface area contributed by atoms with Crippen LogP contribution in [0.2, 0.25) is 0 Å². The maximum absolute atomic E-state index is 9.39. The van der Waals surface area contributed by atoms with Gasteiger partial charge in [0.15, 0.2) is 8.68 Å². The molecule has 1 heterocycles. The number of hydrogen-bond acceptors (Lipinski definition) is 7. The van der Waals surface area contributed by atoms with Crippen LogP contribution in [0.15, 0.2) is 8.68 Å². The molecule has 0 aliphatic rings. The fraction of sp³-hybridized carbons (Fsp3) is 0.800. The molecular formula is C10H19N3OS3. The van der Waals surface area contributed by atoms with Gasteiger partial charge in [-0.25, -0.2) is 0 Å². The number of thioether (sulfide) groups is 2. The Morgan fingerprint density at radius 1 is 1.35 bits per heavy atom. The summed E-state index contributed by atoms with van der Waals surface area (Å²) in [6.07, 6.45) is 2.88. The highest BCUT2D eigenvalue weighted by molar-refractivity contribution is 8.03. The SMILES string of the molecule is CSc1nnc(SC(CO)C(N)CC(C)C)s1. The van der Waals surface area contributed by atoms with Crippen molar-refractivity contribution in [2.45, 2.75) is 40.2 Å². The molecule has 1 aromatic heterocycles. The second-order valence-corrected chi connectivity index (χ2v) is 7.69. The minimum atomic E-state index is -0.00775. The monoisotopic (exact) mass is 293 g/mol. The summed E-state index contributed by atoms with van der Waals surface area (Å²) in [7, 11) is 0. The highest BCUT2D eigenvalue weighted by Crippen LogP contribution is 2.31. The van der Waals surface area contributed by atoms with Crippen molar-refractivity contribution < 1.29 is 5.11 Å². The van der Waals surface area contributed by atoms with Gasteiger partial charge in [0.05, 0.1) is 11.9 Å². The summed E-state index contributed by atoms with van der Waals surface area (Å²) in [5.41, 5.74) is 6.09. The average molecular weight is 293 g/mol. The van der Waals surface area contributed by atoms with Crippen LogP contribution in [-0.4, -0.2) is 39.5 Å². The Balaban J connectivity index is 2.56. The number of aromatic nitrogens is 2. The molecule has 3 N–H and O–H groups in total. The number of nitrogens with zero attached hydrogens (tertiary/aromatic N) is 2. The lowest BCUT2D eigenvalue weighted by atomic mass is 10.0. The fourth-order valence-corrected chi connectivity index (χ4v) is 4.08. The van der Waals surface area contributed by atoms with Crippen molar-refractivity contribution in [1.82, 2.24) is 10.2 Å². The fourth-order valence-electron chi connectivity index (χ4n) is 1.41. The van der Waals surface area contributed by atoms with Crippen molar-refractivity contribution in [2.75, 3.05) is 12.9 Å². The topological polar surface area (TPSA) is 72.0 Å². The molecule has 0 aliphatic carbocycles. The zero-order valence-corrected chi connectivity index (χ0v) is 12.7. The lowest BCUT2D eigenvalue weighted by Crippen LogP contribution is -2.36. The zero-order valence-electron chi connectivity index (χ0n) is 10.3. The van der Waals surface area contributed by atoms with Crippen LogP contribution >= 0.6 is 34.9 Å². The molecule has 1 aromatic rings. The Hall–Kier alpha value is 0.180. The Kier molecular flexibility index (Phi) is 6.79. The van der Waals surface area contributed by atoms with Gasteiger partial charge in [0.1, 0.15) is 0 Å². The molecule has 0 bridgehead atoms. The lowest BCUT2D eigenvalue weighted by molar-refractivity contribution is 0.275. The molecule has 1 rings (SSSR count). The minimum absolute atomic E-state index is 0.0000520. The van der Waals surface area contributed by atoms with E-state index in [1.807, 2.05) is 6.26 Å². The standard InChI is InChI=1S/C10H19N3OS3/c1-6(2)4-7(11)8(5-14)16-10-13-12-9(15-3)17-10/h6-8,14H,4-5,11H2,1-3H3. The Bertz CT molecular complexity index is 332. The molecule has 0 spiro atoms. The molecule has 2 unspecified atom stereocenters. The zero-order chi connectivity index (χ0) is 12.8. The van der Waals surface area contributed by atoms with E-state index >= 15 is 0 Å². The quantitative estimate of drug-likeness (QED) is 0.750. The summed E-state index contributed by atoms with van der Waals surface area (Å²) in [5.74, 6) is 0.538. The van der Waals surface area contributed by atoms with E-state index in [0.717, 1.165) is 15.1 Å². The molecule has 17 heavy (non-hydrogen) atoms. The van der Waals surface area contributed by atoms with Crippen molar-refractivity contribution in [2.24, 2.45) is 11.7 Å². The maximum atomic E-state index is 9.39. The highest BCUT2D eigenvalue weighted by atomic mass is 32.2. The third-order valence-electron chi connectivity index (χ3n) is 2.22. The first-order chi connectivity index (χ1) is 8.06. The Morgan fingerprint density at radius 3 is 2.47 bits per heavy atom. The maximum Gasteiger partial charge on any atom is 0.175 e. The number of nitrogens with two attached hydrogens (primary N) is 1. The van der Waals surface area contributed by atoms with Crippen LogP contribution in [0.5, 0.6) is 0 Å². The largest absolute Gasteiger partial charge is 0.395 e. The van der Waals surface area contributed by atoms with Gasteiger partial charge in [0.2, 0.25) is 0 Å². The van der Waals surface area contributed by atoms with E-state index < -0.39 is 0 Å². The van der Waals surface area contributed by atoms with E-state index in [1.165, 1.54) is 11.8 Å². The van der Waals surface area contributed by atoms with Gasteiger partial charge in [-0.3, -0.25) is 0 Å². The summed E-state index contributed by atoms with van der Waals surface area (Å²) in [5, 5.41) is 17.5. The van der Waals surface area contributed by atoms with E-state index in [1.54, 1.807) is 23.1 Å². The third kappa shape index (κ3) is 5.13. The van der Waals surface area contributed by atoms with Gasteiger partial charge in [0, 0.05) is 6.04 Å². The molecular weight excluding hydrogens is 274 g/mol. The molecule has 2 atom stereocenters. The second kappa shape index (κ2) is 7.58. The number of aliphatic hydroxyl groups excluding tert-OH is 1. The summed E-state index contributed by atoms with van der Waals surface area (Å²) >= 11 is 4.66. The van der Waals surface area contributed by atoms with Gasteiger partial charge in [-0.2, -0.15) is 0 Å². The van der Waals surface area contributed by atoms with Crippen LogP contribution in [-0.2, 0) is 0 Å². The van der Waals surface area contributed by atoms with Gasteiger partial charge in [-0.1, -0.05) is 48.7 Å². The van der Waals surface area contributed by atoms with E-state index in [0.29, 0.717) is 5.92 Å². The number of aliphatic hydroxyl groups is 1. The van der Waals surface area contributed by atoms with Gasteiger partial charge in [0.25, 0.3) is 0 Å². The number of hydrogen-bond donors (Lipinski definition) is 2. The summed E-state index contributed by atoms with van der Waals surface area (Å²) in [6, 6.07) is -0.00775. The van der Waals surface area contributed by atoms with Crippen molar-refractivity contribution in [3.63, 3.8) is 0 Å². The molecule has 0 aliphatic heterocycles. The number of rotatable bonds is 7. The van der Waals surface area contributed by atoms with Gasteiger partial charge < -0.3 is 10.8 Å². The summed E-state index contributed by atoms with van der Waals surface area (Å²) in [6.45, 7) is 4.35. The predicted molar refractivity (Wildman–Crippen MR) is 75.9 cm³/mol. The van der Waals surface area contributed by atoms with Crippen molar-refractivity contribution in [3.8, 4) is 0 Å². The Morgan fingerprint density at radius 2 is 2.00 bits per heavy atom. The minimum Gasteiger partial charge on any atom is -0.395 e. The molecule has 0 saturated heterocycles. The molecule has 0 saturated carbocycles. The molecule has 0 radical (unpaired) electrons. The molecule has 0 fully saturated rings. The summed E-state index contributed by atoms with van der Waals surface area (Å²) < 4.78 is 1.83. The van der Waals surface area contributed by atoms with E-state index in [2.05, 4.69) is 24.0 Å². The molecule has 7 heteroatoms. The molecule has 98 valence electrons. The lowest BCUT2D eigenvalue weighted by Gasteiger charge is -2.21. The van der Waals surface area contributed by atoms with Crippen molar-refractivity contribution in [1.29, 1.82) is 0 Å². The van der Waals surface area contributed by atoms with Crippen LogP contribution in [0.25, 0.3) is 0 Å². The van der Waals surface area contributed by atoms with E-state index in [9.17, 15) is 5.11 Å². The van der Waals surface area contributed by atoms with Crippen LogP contribution in [0.1, 0.15) is 20.3 Å². The average Bonchev–Trinajstić information content (AvgIpc) is 2.72. The van der Waals surface area contributed by atoms with E-state index in [4.69, 9.17) is 5.73 Å². The van der Waals surface area contributed by atoms with Crippen LogP contribution in [0.3, 0.4) is 0 Å². The van der Waals surface area contributed by atoms with Crippen LogP contribution in [0.4, 0.5) is 0 Å². The van der Waals surface area contributed by atoms with Crippen LogP contribution in [0, 0.1) is 5.92 Å². The molecule has 0 amide bonds. The van der Waals surface area contributed by atoms with Crippen molar-refractivity contribution >= 4 is 34.9 Å².